The molecule has 0 aromatic heterocycles. The Kier molecular flexibility index (Phi) is 30.9. The first-order valence-corrected chi connectivity index (χ1v) is 5.31. The molecule has 0 unspecified atom stereocenters. The SMILES string of the molecule is O.O.[CH3][Ge][CH2]NC=O. The van der Waals surface area contributed by atoms with E-state index in [0.717, 1.165) is 11.8 Å². The Morgan fingerprint density at radius 3 is 2.25 bits per heavy atom. The molecule has 0 aromatic rings. The van der Waals surface area contributed by atoms with Crippen LogP contribution in [0.4, 0.5) is 0 Å². The minimum absolute atomic E-state index is 0. The predicted octanol–water partition coefficient (Wildman–Crippen LogP) is -2.21. The Morgan fingerprint density at radius 2 is 2.12 bits per heavy atom. The van der Waals surface area contributed by atoms with Gasteiger partial charge >= 0.3 is 43.1 Å². The van der Waals surface area contributed by atoms with E-state index in [1.54, 1.807) is 0 Å². The third-order valence-corrected chi connectivity index (χ3v) is 1.53. The second-order valence-electron chi connectivity index (χ2n) is 0.852. The molecule has 0 aliphatic heterocycles. The van der Waals surface area contributed by atoms with Crippen molar-refractivity contribution >= 4 is 21.8 Å². The van der Waals surface area contributed by atoms with Gasteiger partial charge in [0.25, 0.3) is 0 Å². The molecule has 0 aromatic carbocycles. The van der Waals surface area contributed by atoms with E-state index in [9.17, 15) is 4.79 Å². The van der Waals surface area contributed by atoms with E-state index in [0.29, 0.717) is 0 Å². The van der Waals surface area contributed by atoms with Crippen LogP contribution in [0, 0.1) is 0 Å². The first-order chi connectivity index (χ1) is 2.91. The van der Waals surface area contributed by atoms with E-state index < -0.39 is 0 Å². The van der Waals surface area contributed by atoms with Gasteiger partial charge in [-0.2, -0.15) is 0 Å². The quantitative estimate of drug-likeness (QED) is 0.299. The number of carbonyl (C=O) groups excluding carboxylic acids is 1. The van der Waals surface area contributed by atoms with E-state index in [2.05, 4.69) is 11.1 Å². The summed E-state index contributed by atoms with van der Waals surface area (Å²) in [6.07, 6.45) is 0.743. The van der Waals surface area contributed by atoms with Gasteiger partial charge in [0, 0.05) is 0 Å². The van der Waals surface area contributed by atoms with E-state index >= 15 is 0 Å². The van der Waals surface area contributed by atoms with Crippen LogP contribution < -0.4 is 5.32 Å². The van der Waals surface area contributed by atoms with E-state index in [1.807, 2.05) is 0 Å². The third-order valence-electron chi connectivity index (χ3n) is 0.362. The molecule has 1 amide bonds. The van der Waals surface area contributed by atoms with Crippen molar-refractivity contribution in [2.24, 2.45) is 0 Å². The molecule has 50 valence electrons. The second-order valence-corrected chi connectivity index (χ2v) is 3.08. The standard InChI is InChI=1S/C3H7GeNO.2H2O/c1-4-2-5-3-6;;/h3H,2H2,1H3,(H,5,6);2*1H2. The summed E-state index contributed by atoms with van der Waals surface area (Å²) in [4.78, 5) is 9.47. The summed E-state index contributed by atoms with van der Waals surface area (Å²) in [6.45, 7) is 0. The zero-order valence-electron chi connectivity index (χ0n) is 4.69. The molecule has 0 saturated carbocycles. The molecule has 0 bridgehead atoms. The molecule has 0 aliphatic carbocycles. The maximum absolute atomic E-state index is 9.47. The maximum atomic E-state index is 9.47. The Labute approximate surface area is 54.7 Å². The normalized spacial score (nSPS) is 5.62. The van der Waals surface area contributed by atoms with Gasteiger partial charge in [-0.05, 0) is 0 Å². The van der Waals surface area contributed by atoms with Crippen molar-refractivity contribution in [1.29, 1.82) is 0 Å². The van der Waals surface area contributed by atoms with Crippen molar-refractivity contribution in [1.82, 2.24) is 5.32 Å². The molecule has 0 saturated heterocycles. The fraction of sp³-hybridized carbons (Fsp3) is 0.667. The molecule has 0 aliphatic rings. The molecule has 8 heavy (non-hydrogen) atoms. The van der Waals surface area contributed by atoms with Gasteiger partial charge in [-0.15, -0.1) is 0 Å². The Morgan fingerprint density at radius 1 is 1.62 bits per heavy atom. The van der Waals surface area contributed by atoms with Crippen LogP contribution in [-0.4, -0.2) is 38.2 Å². The van der Waals surface area contributed by atoms with Crippen molar-refractivity contribution in [2.45, 2.75) is 5.76 Å². The number of nitrogens with one attached hydrogen (secondary N) is 1. The summed E-state index contributed by atoms with van der Waals surface area (Å²) in [6, 6.07) is 0. The van der Waals surface area contributed by atoms with Crippen molar-refractivity contribution in [2.75, 3.05) is 5.38 Å². The Balaban J connectivity index is -0.000000125. The zero-order chi connectivity index (χ0) is 4.83. The average molecular weight is 182 g/mol. The predicted molar refractivity (Wildman–Crippen MR) is 32.9 cm³/mol. The molecule has 0 rings (SSSR count). The Hall–Kier alpha value is -0.0671. The minimum atomic E-state index is 0. The molecule has 4 nitrogen and oxygen atoms in total. The van der Waals surface area contributed by atoms with Crippen LogP contribution in [0.3, 0.4) is 0 Å². The molecule has 0 heterocycles. The summed E-state index contributed by atoms with van der Waals surface area (Å²) in [5.74, 6) is 2.14. The van der Waals surface area contributed by atoms with E-state index in [-0.39, 0.29) is 26.4 Å². The molecular weight excluding hydrogens is 171 g/mol. The number of amides is 1. The van der Waals surface area contributed by atoms with Crippen molar-refractivity contribution in [3.63, 3.8) is 0 Å². The van der Waals surface area contributed by atoms with Gasteiger partial charge in [0.05, 0.1) is 0 Å². The number of hydrogen-bond donors (Lipinski definition) is 1. The summed E-state index contributed by atoms with van der Waals surface area (Å²) < 4.78 is 0. The van der Waals surface area contributed by atoms with Crippen LogP contribution in [0.2, 0.25) is 5.76 Å². The average Bonchev–Trinajstić information content (AvgIpc) is 1.61. The van der Waals surface area contributed by atoms with Crippen molar-refractivity contribution in [3.8, 4) is 0 Å². The van der Waals surface area contributed by atoms with Crippen LogP contribution >= 0.6 is 0 Å². The van der Waals surface area contributed by atoms with Gasteiger partial charge in [0.15, 0.2) is 0 Å². The van der Waals surface area contributed by atoms with Crippen LogP contribution in [0.25, 0.3) is 0 Å². The van der Waals surface area contributed by atoms with Crippen molar-refractivity contribution < 1.29 is 15.7 Å². The van der Waals surface area contributed by atoms with Crippen LogP contribution in [0.15, 0.2) is 0 Å². The van der Waals surface area contributed by atoms with Crippen LogP contribution in [-0.2, 0) is 4.79 Å². The second kappa shape index (κ2) is 15.8. The van der Waals surface area contributed by atoms with Gasteiger partial charge in [0.2, 0.25) is 0 Å². The first-order valence-electron chi connectivity index (χ1n) is 1.73. The number of rotatable bonds is 3. The summed E-state index contributed by atoms with van der Waals surface area (Å²) >= 11 is 0.156. The molecule has 2 radical (unpaired) electrons. The third kappa shape index (κ3) is 16.8. The summed E-state index contributed by atoms with van der Waals surface area (Å²) in [5, 5.41) is 3.49. The van der Waals surface area contributed by atoms with E-state index in [4.69, 9.17) is 0 Å². The fourth-order valence-electron chi connectivity index (χ4n) is 0.144. The monoisotopic (exact) mass is 183 g/mol. The molecule has 5 N–H and O–H groups in total. The Bertz CT molecular complexity index is 43.5. The van der Waals surface area contributed by atoms with Gasteiger partial charge < -0.3 is 11.0 Å². The summed E-state index contributed by atoms with van der Waals surface area (Å²) in [7, 11) is 0. The first kappa shape index (κ1) is 15.7. The molecule has 0 fully saturated rings. The van der Waals surface area contributed by atoms with E-state index in [1.165, 1.54) is 0 Å². The number of hydrogen-bond acceptors (Lipinski definition) is 1. The van der Waals surface area contributed by atoms with Crippen molar-refractivity contribution in [3.05, 3.63) is 0 Å². The van der Waals surface area contributed by atoms with Gasteiger partial charge in [-0.3, -0.25) is 0 Å². The number of carbonyl (C=O) groups is 1. The molecular formula is C3H11GeNO3. The molecule has 5 heteroatoms. The van der Waals surface area contributed by atoms with Gasteiger partial charge in [-0.1, -0.05) is 0 Å². The van der Waals surface area contributed by atoms with Gasteiger partial charge in [-0.25, -0.2) is 0 Å². The molecule has 0 spiro atoms. The zero-order valence-corrected chi connectivity index (χ0v) is 6.79. The van der Waals surface area contributed by atoms with Crippen LogP contribution in [0.1, 0.15) is 0 Å². The fourth-order valence-corrected chi connectivity index (χ4v) is 0.747. The topological polar surface area (TPSA) is 92.1 Å². The van der Waals surface area contributed by atoms with Crippen LogP contribution in [0.5, 0.6) is 0 Å². The molecule has 0 atom stereocenters. The van der Waals surface area contributed by atoms with Gasteiger partial charge in [0.1, 0.15) is 0 Å². The summed E-state index contributed by atoms with van der Waals surface area (Å²) in [5.41, 5.74) is 0.